The maximum absolute atomic E-state index is 13.5. The Morgan fingerprint density at radius 2 is 1.83 bits per heavy atom. The van der Waals surface area contributed by atoms with E-state index in [1.165, 1.54) is 0 Å². The van der Waals surface area contributed by atoms with Gasteiger partial charge in [-0.25, -0.2) is 4.98 Å². The van der Waals surface area contributed by atoms with E-state index < -0.39 is 0 Å². The number of fused-ring (bicyclic) bond motifs is 1. The fourth-order valence-corrected chi connectivity index (χ4v) is 4.38. The molecule has 1 aromatic heterocycles. The molecule has 156 valence electrons. The number of benzene rings is 2. The van der Waals surface area contributed by atoms with Crippen LogP contribution in [0.5, 0.6) is 0 Å². The van der Waals surface area contributed by atoms with E-state index in [2.05, 4.69) is 11.8 Å². The molecule has 3 aromatic rings. The van der Waals surface area contributed by atoms with Crippen LogP contribution in [0.1, 0.15) is 30.2 Å². The molecule has 1 aliphatic rings. The molecule has 7 heteroatoms. The van der Waals surface area contributed by atoms with Crippen molar-refractivity contribution in [2.24, 2.45) is 0 Å². The molecule has 0 saturated carbocycles. The highest BCUT2D eigenvalue weighted by Crippen LogP contribution is 2.35. The molecule has 1 aliphatic heterocycles. The number of aromatic nitrogens is 2. The zero-order chi connectivity index (χ0) is 21.3. The third-order valence-corrected chi connectivity index (χ3v) is 5.88. The van der Waals surface area contributed by atoms with Crippen LogP contribution in [0, 0.1) is 6.92 Å². The zero-order valence-electron chi connectivity index (χ0n) is 17.1. The van der Waals surface area contributed by atoms with Crippen LogP contribution in [0.4, 0.5) is 11.6 Å². The summed E-state index contributed by atoms with van der Waals surface area (Å²) in [7, 11) is 0. The van der Waals surface area contributed by atoms with Crippen molar-refractivity contribution in [3.63, 3.8) is 0 Å². The van der Waals surface area contributed by atoms with Gasteiger partial charge in [0.2, 0.25) is 5.95 Å². The van der Waals surface area contributed by atoms with E-state index in [9.17, 15) is 4.79 Å². The van der Waals surface area contributed by atoms with E-state index in [1.807, 2.05) is 48.2 Å². The summed E-state index contributed by atoms with van der Waals surface area (Å²) < 4.78 is 1.76. The van der Waals surface area contributed by atoms with Gasteiger partial charge in [0.1, 0.15) is 0 Å². The van der Waals surface area contributed by atoms with E-state index in [-0.39, 0.29) is 5.56 Å². The van der Waals surface area contributed by atoms with Crippen molar-refractivity contribution in [2.75, 3.05) is 18.1 Å². The molecule has 0 unspecified atom stereocenters. The fourth-order valence-electron chi connectivity index (χ4n) is 3.87. The highest BCUT2D eigenvalue weighted by atomic mass is 35.5. The first-order valence-corrected chi connectivity index (χ1v) is 10.8. The summed E-state index contributed by atoms with van der Waals surface area (Å²) in [6, 6.07) is 15.4. The van der Waals surface area contributed by atoms with Crippen LogP contribution >= 0.6 is 23.2 Å². The second-order valence-corrected chi connectivity index (χ2v) is 8.42. The van der Waals surface area contributed by atoms with Crippen LogP contribution in [-0.4, -0.2) is 27.7 Å². The molecule has 0 atom stereocenters. The lowest BCUT2D eigenvalue weighted by Gasteiger charge is -2.38. The number of rotatable bonds is 5. The van der Waals surface area contributed by atoms with Crippen molar-refractivity contribution >= 4 is 34.8 Å². The van der Waals surface area contributed by atoms with Gasteiger partial charge in [0.15, 0.2) is 0 Å². The number of aryl methyl sites for hydroxylation is 1. The molecule has 0 fully saturated rings. The van der Waals surface area contributed by atoms with Crippen LogP contribution < -0.4 is 10.5 Å². The summed E-state index contributed by atoms with van der Waals surface area (Å²) in [6.07, 6.45) is 1.55. The largest absolute Gasteiger partial charge is 0.297 e. The predicted molar refractivity (Wildman–Crippen MR) is 123 cm³/mol. The summed E-state index contributed by atoms with van der Waals surface area (Å²) in [5.41, 5.74) is 3.36. The monoisotopic (exact) mass is 442 g/mol. The molecule has 0 radical (unpaired) electrons. The molecule has 0 N–H and O–H groups in total. The van der Waals surface area contributed by atoms with Gasteiger partial charge in [-0.3, -0.25) is 19.2 Å². The highest BCUT2D eigenvalue weighted by molar-refractivity contribution is 6.36. The van der Waals surface area contributed by atoms with Crippen molar-refractivity contribution in [3.8, 4) is 0 Å². The van der Waals surface area contributed by atoms with Crippen molar-refractivity contribution in [1.82, 2.24) is 14.5 Å². The van der Waals surface area contributed by atoms with Crippen LogP contribution in [0.25, 0.3) is 0 Å². The molecule has 0 bridgehead atoms. The molecule has 2 aromatic carbocycles. The molecular weight excluding hydrogens is 419 g/mol. The lowest BCUT2D eigenvalue weighted by molar-refractivity contribution is 0.198. The van der Waals surface area contributed by atoms with E-state index >= 15 is 0 Å². The molecule has 0 saturated heterocycles. The summed E-state index contributed by atoms with van der Waals surface area (Å²) in [5.74, 6) is 0.617. The molecule has 0 amide bonds. The summed E-state index contributed by atoms with van der Waals surface area (Å²) in [5, 5.41) is 1.11. The number of hydrogen-bond acceptors (Lipinski definition) is 4. The first-order valence-electron chi connectivity index (χ1n) is 10.1. The molecule has 0 aliphatic carbocycles. The number of nitrogens with zero attached hydrogens (tertiary/aromatic N) is 4. The third kappa shape index (κ3) is 4.10. The normalized spacial score (nSPS) is 14.1. The van der Waals surface area contributed by atoms with Crippen LogP contribution in [-0.2, 0) is 13.1 Å². The molecule has 0 spiro atoms. The molecule has 4 rings (SSSR count). The predicted octanol–water partition coefficient (Wildman–Crippen LogP) is 5.23. The third-order valence-electron chi connectivity index (χ3n) is 5.34. The van der Waals surface area contributed by atoms with Gasteiger partial charge in [0.25, 0.3) is 5.56 Å². The van der Waals surface area contributed by atoms with Gasteiger partial charge in [-0.05, 0) is 37.1 Å². The smallest absolute Gasteiger partial charge is 0.259 e. The number of halogens is 2. The lowest BCUT2D eigenvalue weighted by Crippen LogP contribution is -2.48. The van der Waals surface area contributed by atoms with Crippen molar-refractivity contribution < 1.29 is 0 Å². The van der Waals surface area contributed by atoms with E-state index in [1.54, 1.807) is 16.7 Å². The maximum atomic E-state index is 13.5. The van der Waals surface area contributed by atoms with E-state index in [4.69, 9.17) is 28.2 Å². The van der Waals surface area contributed by atoms with Gasteiger partial charge in [-0.15, -0.1) is 0 Å². The zero-order valence-corrected chi connectivity index (χ0v) is 18.6. The van der Waals surface area contributed by atoms with Gasteiger partial charge in [-0.2, -0.15) is 0 Å². The van der Waals surface area contributed by atoms with Crippen LogP contribution in [0.15, 0.2) is 53.3 Å². The SMILES string of the molecule is CCCN1CN(c2ccc(Cl)cc2Cl)c2nc(C)c(Cc3ccccc3)c(=O)n2C1. The highest BCUT2D eigenvalue weighted by Gasteiger charge is 2.28. The van der Waals surface area contributed by atoms with E-state index in [0.29, 0.717) is 35.8 Å². The summed E-state index contributed by atoms with van der Waals surface area (Å²) >= 11 is 12.6. The standard InChI is InChI=1S/C23H24Cl2N4O/c1-3-11-27-14-28(21-10-9-18(24)13-20(21)25)23-26-16(2)19(22(30)29(23)15-27)12-17-7-5-4-6-8-17/h4-10,13H,3,11-12,14-15H2,1-2H3. The fraction of sp³-hybridized carbons (Fsp3) is 0.304. The van der Waals surface area contributed by atoms with Crippen molar-refractivity contribution in [3.05, 3.63) is 85.8 Å². The Labute approximate surface area is 186 Å². The van der Waals surface area contributed by atoms with Gasteiger partial charge < -0.3 is 0 Å². The Morgan fingerprint density at radius 1 is 1.07 bits per heavy atom. The number of hydrogen-bond donors (Lipinski definition) is 0. The molecule has 5 nitrogen and oxygen atoms in total. The second-order valence-electron chi connectivity index (χ2n) is 7.57. The summed E-state index contributed by atoms with van der Waals surface area (Å²) in [4.78, 5) is 22.6. The minimum Gasteiger partial charge on any atom is -0.297 e. The Kier molecular flexibility index (Phi) is 6.14. The average Bonchev–Trinajstić information content (AvgIpc) is 2.72. The lowest BCUT2D eigenvalue weighted by atomic mass is 10.1. The Balaban J connectivity index is 1.83. The van der Waals surface area contributed by atoms with E-state index in [0.717, 1.165) is 35.5 Å². The Morgan fingerprint density at radius 3 is 2.53 bits per heavy atom. The Hall–Kier alpha value is -2.34. The van der Waals surface area contributed by atoms with Crippen LogP contribution in [0.2, 0.25) is 10.0 Å². The maximum Gasteiger partial charge on any atom is 0.259 e. The quantitative estimate of drug-likeness (QED) is 0.542. The van der Waals surface area contributed by atoms with Crippen molar-refractivity contribution in [1.29, 1.82) is 0 Å². The molecule has 30 heavy (non-hydrogen) atoms. The topological polar surface area (TPSA) is 41.4 Å². The van der Waals surface area contributed by atoms with Gasteiger partial charge in [0.05, 0.1) is 29.7 Å². The van der Waals surface area contributed by atoms with Crippen molar-refractivity contribution in [2.45, 2.75) is 33.4 Å². The summed E-state index contributed by atoms with van der Waals surface area (Å²) in [6.45, 7) is 6.03. The first-order chi connectivity index (χ1) is 14.5. The molecular formula is C23H24Cl2N4O. The molecule has 2 heterocycles. The van der Waals surface area contributed by atoms with Crippen LogP contribution in [0.3, 0.4) is 0 Å². The number of anilines is 2. The van der Waals surface area contributed by atoms with Gasteiger partial charge in [-0.1, -0.05) is 60.5 Å². The van der Waals surface area contributed by atoms with Gasteiger partial charge >= 0.3 is 0 Å². The first kappa shape index (κ1) is 20.9. The average molecular weight is 443 g/mol. The van der Waals surface area contributed by atoms with Gasteiger partial charge in [0, 0.05) is 23.6 Å². The minimum atomic E-state index is -0.00255. The minimum absolute atomic E-state index is 0.00255. The second kappa shape index (κ2) is 8.80. The Bertz CT molecular complexity index is 1110.